The molecule has 0 N–H and O–H groups in total. The molecule has 4 nitrogen and oxygen atoms in total. The number of benzene rings is 6. The average Bonchev–Trinajstić information content (AvgIpc) is 1.80. The highest BCUT2D eigenvalue weighted by Gasteiger charge is 2.85. The number of thioether (sulfide) groups is 2. The molecule has 10 rings (SSSR count). The summed E-state index contributed by atoms with van der Waals surface area (Å²) >= 11 is 2.91. The smallest absolute Gasteiger partial charge is 0.380 e. The lowest BCUT2D eigenvalue weighted by Crippen LogP contribution is -2.51. The molecule has 0 bridgehead atoms. The predicted molar refractivity (Wildman–Crippen MR) is 315 cm³/mol. The largest absolute Gasteiger partial charge is 0.494 e. The van der Waals surface area contributed by atoms with Crippen LogP contribution in [0.4, 0.5) is 26.3 Å². The van der Waals surface area contributed by atoms with Crippen molar-refractivity contribution in [1.82, 2.24) is 0 Å². The van der Waals surface area contributed by atoms with Gasteiger partial charge in [0.05, 0.1) is 46.0 Å². The number of rotatable bonds is 28. The van der Waals surface area contributed by atoms with Gasteiger partial charge in [-0.1, -0.05) is 188 Å². The van der Waals surface area contributed by atoms with E-state index in [2.05, 4.69) is 12.1 Å². The summed E-state index contributed by atoms with van der Waals surface area (Å²) in [6.45, 7) is 1.26. The number of nitrogens with zero attached hydrogens (tertiary/aromatic N) is 2. The Morgan fingerprint density at radius 2 is 0.642 bits per heavy atom. The molecule has 2 heterocycles. The molecule has 420 valence electrons. The standard InChI is InChI=1S/C69H68F6N2O2S2/c70-67(71)63-61-57-23-15-17-25-59(57)80-65(61,43-19-11-7-3-1-5-9-13-21-45-78-55-39-35-53(36-40-55)51-31-27-49(47-76)28-32-51)66(62(58-24-16-18-26-60(58)81-66)64(63)68(72,73)69(67,74)75)44-20-12-8-4-2-6-10-14-22-46-79-56-41-37-54(38-42-56)52-33-29-50(48-77)30-34-52/h15-18,23-42H,1-14,19-22,43-46H2/t65-,66-/m0/s1. The summed E-state index contributed by atoms with van der Waals surface area (Å²) in [7, 11) is 0. The number of unbranched alkanes of at least 4 members (excludes halogenated alkanes) is 16. The molecule has 1 fully saturated rings. The Kier molecular flexibility index (Phi) is 18.2. The predicted octanol–water partition coefficient (Wildman–Crippen LogP) is 20.6. The second kappa shape index (κ2) is 25.4. The number of hydrogen-bond donors (Lipinski definition) is 0. The van der Waals surface area contributed by atoms with Crippen molar-refractivity contribution in [3.63, 3.8) is 0 Å². The van der Waals surface area contributed by atoms with E-state index in [1.165, 1.54) is 23.5 Å². The third-order valence-corrected chi connectivity index (χ3v) is 20.3. The number of alkyl halides is 6. The highest BCUT2D eigenvalue weighted by molar-refractivity contribution is 8.06. The van der Waals surface area contributed by atoms with Crippen LogP contribution in [0.15, 0.2) is 167 Å². The lowest BCUT2D eigenvalue weighted by molar-refractivity contribution is -0.257. The molecule has 6 aromatic rings. The van der Waals surface area contributed by atoms with Gasteiger partial charge < -0.3 is 9.47 Å². The highest BCUT2D eigenvalue weighted by atomic mass is 32.2. The first kappa shape index (κ1) is 57.9. The molecule has 2 atom stereocenters. The van der Waals surface area contributed by atoms with Gasteiger partial charge in [-0.05, 0) is 131 Å². The molecule has 0 radical (unpaired) electrons. The molecule has 0 spiro atoms. The number of fused-ring (bicyclic) bond motifs is 8. The third kappa shape index (κ3) is 11.6. The van der Waals surface area contributed by atoms with E-state index in [9.17, 15) is 0 Å². The minimum atomic E-state index is -5.61. The number of ether oxygens (including phenoxy) is 2. The van der Waals surface area contributed by atoms with Crippen LogP contribution in [0.2, 0.25) is 0 Å². The van der Waals surface area contributed by atoms with Crippen LogP contribution in [0.1, 0.15) is 151 Å². The molecule has 0 amide bonds. The molecule has 0 aromatic heterocycles. The van der Waals surface area contributed by atoms with Crippen LogP contribution in [0.25, 0.3) is 33.4 Å². The maximum Gasteiger partial charge on any atom is 0.380 e. The Morgan fingerprint density at radius 3 is 0.975 bits per heavy atom. The first-order valence-corrected chi connectivity index (χ1v) is 30.7. The Balaban J connectivity index is 0.736. The molecule has 2 aliphatic heterocycles. The third-order valence-electron chi connectivity index (χ3n) is 16.8. The van der Waals surface area contributed by atoms with Crippen molar-refractivity contribution in [2.24, 2.45) is 0 Å². The number of halogens is 6. The monoisotopic (exact) mass is 1130 g/mol. The molecular formula is C69H68F6N2O2S2. The Hall–Kier alpha value is -6.34. The highest BCUT2D eigenvalue weighted by Crippen LogP contribution is 2.80. The van der Waals surface area contributed by atoms with Crippen molar-refractivity contribution in [1.29, 1.82) is 10.5 Å². The van der Waals surface area contributed by atoms with Crippen LogP contribution < -0.4 is 9.47 Å². The zero-order valence-corrected chi connectivity index (χ0v) is 47.3. The van der Waals surface area contributed by atoms with Crippen LogP contribution in [-0.2, 0) is 0 Å². The molecule has 81 heavy (non-hydrogen) atoms. The van der Waals surface area contributed by atoms with Gasteiger partial charge in [0.15, 0.2) is 0 Å². The van der Waals surface area contributed by atoms with E-state index in [0.29, 0.717) is 70.9 Å². The molecule has 0 unspecified atom stereocenters. The number of hydrogen-bond acceptors (Lipinski definition) is 6. The first-order valence-electron chi connectivity index (χ1n) is 29.0. The van der Waals surface area contributed by atoms with Gasteiger partial charge in [0.1, 0.15) is 11.5 Å². The fraction of sp³-hybridized carbons (Fsp3) is 0.391. The molecule has 6 aromatic carbocycles. The van der Waals surface area contributed by atoms with E-state index in [1.807, 2.05) is 121 Å². The van der Waals surface area contributed by atoms with E-state index >= 15 is 26.3 Å². The van der Waals surface area contributed by atoms with Gasteiger partial charge in [0.2, 0.25) is 0 Å². The lowest BCUT2D eigenvalue weighted by atomic mass is 9.64. The van der Waals surface area contributed by atoms with Crippen LogP contribution in [0.3, 0.4) is 0 Å². The summed E-state index contributed by atoms with van der Waals surface area (Å²) < 4.78 is 109. The average molecular weight is 1140 g/mol. The van der Waals surface area contributed by atoms with Crippen molar-refractivity contribution in [3.8, 4) is 45.9 Å². The summed E-state index contributed by atoms with van der Waals surface area (Å²) in [5.41, 5.74) is 3.90. The van der Waals surface area contributed by atoms with Crippen LogP contribution in [0.5, 0.6) is 11.5 Å². The van der Waals surface area contributed by atoms with E-state index in [-0.39, 0.29) is 11.1 Å². The maximum absolute atomic E-state index is 16.8. The summed E-state index contributed by atoms with van der Waals surface area (Å²) in [5.74, 6) is -14.2. The fourth-order valence-electron chi connectivity index (χ4n) is 12.6. The Morgan fingerprint density at radius 1 is 0.346 bits per heavy atom. The second-order valence-electron chi connectivity index (χ2n) is 22.1. The van der Waals surface area contributed by atoms with E-state index < -0.39 is 38.4 Å². The van der Waals surface area contributed by atoms with Crippen molar-refractivity contribution in [3.05, 3.63) is 179 Å². The van der Waals surface area contributed by atoms with Gasteiger partial charge in [-0.3, -0.25) is 0 Å². The zero-order valence-electron chi connectivity index (χ0n) is 45.7. The number of nitriles is 2. The van der Waals surface area contributed by atoms with E-state index in [4.69, 9.17) is 20.0 Å². The van der Waals surface area contributed by atoms with Gasteiger partial charge in [-0.15, -0.1) is 23.5 Å². The van der Waals surface area contributed by atoms with Gasteiger partial charge in [-0.2, -0.15) is 36.9 Å². The van der Waals surface area contributed by atoms with Crippen molar-refractivity contribution < 1.29 is 35.8 Å². The molecule has 12 heteroatoms. The quantitative estimate of drug-likeness (QED) is 0.0360. The lowest BCUT2D eigenvalue weighted by Gasteiger charge is -2.51. The van der Waals surface area contributed by atoms with Crippen LogP contribution in [0, 0.1) is 22.7 Å². The normalized spacial score (nSPS) is 19.5. The summed E-state index contributed by atoms with van der Waals surface area (Å²) in [4.78, 5) is 1.35. The summed E-state index contributed by atoms with van der Waals surface area (Å²) in [6.07, 6.45) is 17.9. The van der Waals surface area contributed by atoms with Crippen molar-refractivity contribution in [2.45, 2.75) is 165 Å². The fourth-order valence-corrected chi connectivity index (χ4v) is 16.3. The minimum absolute atomic E-state index is 0.00361. The molecule has 4 aliphatic rings. The maximum atomic E-state index is 16.8. The van der Waals surface area contributed by atoms with Gasteiger partial charge >= 0.3 is 17.8 Å². The molecule has 0 saturated heterocycles. The van der Waals surface area contributed by atoms with Crippen LogP contribution in [-0.4, -0.2) is 40.5 Å². The SMILES string of the molecule is N#Cc1ccc(-c2ccc(OCCCCCCCCCCC[C@]34Sc5ccccc5C3=C3C(=C5c6ccccc6S[C@@]54CCCCCCCCCCCOc4ccc(-c5ccc(C#N)cc5)cc4)C(F)(F)C(F)(F)C3(F)F)cc2)cc1. The zero-order chi connectivity index (χ0) is 56.5. The summed E-state index contributed by atoms with van der Waals surface area (Å²) in [5, 5.41) is 18.2. The topological polar surface area (TPSA) is 66.0 Å². The molecule has 1 saturated carbocycles. The van der Waals surface area contributed by atoms with Gasteiger partial charge in [-0.25, -0.2) is 0 Å². The van der Waals surface area contributed by atoms with Crippen molar-refractivity contribution >= 4 is 34.7 Å². The molecular weight excluding hydrogens is 1070 g/mol. The van der Waals surface area contributed by atoms with E-state index in [1.54, 1.807) is 24.3 Å². The van der Waals surface area contributed by atoms with Gasteiger partial charge in [0.25, 0.3) is 0 Å². The molecule has 2 aliphatic carbocycles. The minimum Gasteiger partial charge on any atom is -0.494 e. The number of allylic oxidation sites excluding steroid dienone is 2. The van der Waals surface area contributed by atoms with Crippen molar-refractivity contribution in [2.75, 3.05) is 13.2 Å². The van der Waals surface area contributed by atoms with Crippen LogP contribution >= 0.6 is 23.5 Å². The Labute approximate surface area is 482 Å². The summed E-state index contributed by atoms with van der Waals surface area (Å²) in [6, 6.07) is 49.3. The van der Waals surface area contributed by atoms with Gasteiger partial charge in [0, 0.05) is 20.9 Å². The van der Waals surface area contributed by atoms with E-state index in [0.717, 1.165) is 136 Å². The second-order valence-corrected chi connectivity index (χ2v) is 24.7. The Bertz CT molecular complexity index is 3070. The first-order chi connectivity index (χ1) is 39.3.